The van der Waals surface area contributed by atoms with Gasteiger partial charge in [0.1, 0.15) is 0 Å². The Morgan fingerprint density at radius 3 is 2.83 bits per heavy atom. The van der Waals surface area contributed by atoms with E-state index in [1.807, 2.05) is 12.1 Å². The molecule has 1 heterocycles. The molecule has 1 aliphatic carbocycles. The predicted octanol–water partition coefficient (Wildman–Crippen LogP) is 1.85. The van der Waals surface area contributed by atoms with Crippen molar-refractivity contribution in [3.63, 3.8) is 0 Å². The largest absolute Gasteiger partial charge is 0.419 e. The number of fused-ring (bicyclic) bond motifs is 1. The van der Waals surface area contributed by atoms with Gasteiger partial charge in [-0.3, -0.25) is 4.57 Å². The summed E-state index contributed by atoms with van der Waals surface area (Å²) in [6.07, 6.45) is 4.37. The van der Waals surface area contributed by atoms with Crippen molar-refractivity contribution in [2.75, 3.05) is 0 Å². The summed E-state index contributed by atoms with van der Waals surface area (Å²) in [6, 6.07) is 5.53. The molecular formula is C13H12N2O3. The number of aliphatic imine (C=N–C) groups is 1. The molecule has 0 spiro atoms. The van der Waals surface area contributed by atoms with Crippen LogP contribution in [0.25, 0.3) is 11.1 Å². The molecule has 0 radical (unpaired) electrons. The van der Waals surface area contributed by atoms with Gasteiger partial charge in [-0.25, -0.2) is 9.59 Å². The van der Waals surface area contributed by atoms with E-state index in [9.17, 15) is 9.59 Å². The molecule has 5 heteroatoms. The lowest BCUT2D eigenvalue weighted by molar-refractivity contribution is 0.256. The normalized spacial score (nSPS) is 17.2. The summed E-state index contributed by atoms with van der Waals surface area (Å²) < 4.78 is 6.60. The number of aryl methyl sites for hydroxylation is 1. The summed E-state index contributed by atoms with van der Waals surface area (Å²) in [7, 11) is 1.66. The number of aromatic nitrogens is 1. The zero-order valence-corrected chi connectivity index (χ0v) is 9.97. The molecule has 1 saturated carbocycles. The zero-order chi connectivity index (χ0) is 12.8. The van der Waals surface area contributed by atoms with Crippen LogP contribution >= 0.6 is 0 Å². The van der Waals surface area contributed by atoms with Crippen molar-refractivity contribution >= 4 is 17.2 Å². The maximum Gasteiger partial charge on any atom is 0.419 e. The number of oxazole rings is 1. The molecule has 0 N–H and O–H groups in total. The quantitative estimate of drug-likeness (QED) is 0.598. The van der Waals surface area contributed by atoms with E-state index >= 15 is 0 Å². The molecule has 0 unspecified atom stereocenters. The minimum atomic E-state index is -0.454. The van der Waals surface area contributed by atoms with Gasteiger partial charge in [0.2, 0.25) is 6.08 Å². The SMILES string of the molecule is Cn1c(=O)oc2cc(C3(N=C=O)CCC3)ccc21. The van der Waals surface area contributed by atoms with E-state index in [2.05, 4.69) is 4.99 Å². The molecule has 0 bridgehead atoms. The van der Waals surface area contributed by atoms with Crippen LogP contribution < -0.4 is 5.76 Å². The highest BCUT2D eigenvalue weighted by Gasteiger charge is 2.39. The van der Waals surface area contributed by atoms with Gasteiger partial charge in [0.15, 0.2) is 5.58 Å². The van der Waals surface area contributed by atoms with Crippen LogP contribution in [0.2, 0.25) is 0 Å². The van der Waals surface area contributed by atoms with Crippen molar-refractivity contribution in [2.24, 2.45) is 12.0 Å². The topological polar surface area (TPSA) is 64.6 Å². The molecule has 1 aromatic carbocycles. The second-order valence-corrected chi connectivity index (χ2v) is 4.70. The monoisotopic (exact) mass is 244 g/mol. The van der Waals surface area contributed by atoms with Gasteiger partial charge in [-0.1, -0.05) is 6.07 Å². The first-order chi connectivity index (χ1) is 8.66. The molecule has 1 aromatic heterocycles. The molecule has 92 valence electrons. The van der Waals surface area contributed by atoms with Crippen LogP contribution in [-0.2, 0) is 17.4 Å². The van der Waals surface area contributed by atoms with E-state index in [1.54, 1.807) is 19.2 Å². The summed E-state index contributed by atoms with van der Waals surface area (Å²) in [5, 5.41) is 0. The number of nitrogens with zero attached hydrogens (tertiary/aromatic N) is 2. The molecule has 0 aliphatic heterocycles. The lowest BCUT2D eigenvalue weighted by Gasteiger charge is -2.36. The lowest BCUT2D eigenvalue weighted by Crippen LogP contribution is -2.31. The molecular weight excluding hydrogens is 232 g/mol. The Bertz CT molecular complexity index is 715. The number of hydrogen-bond acceptors (Lipinski definition) is 4. The van der Waals surface area contributed by atoms with Gasteiger partial charge >= 0.3 is 5.76 Å². The fraction of sp³-hybridized carbons (Fsp3) is 0.385. The highest BCUT2D eigenvalue weighted by atomic mass is 16.4. The Balaban J connectivity index is 2.19. The van der Waals surface area contributed by atoms with Crippen LogP contribution in [0.5, 0.6) is 0 Å². The third-order valence-electron chi connectivity index (χ3n) is 3.77. The van der Waals surface area contributed by atoms with Gasteiger partial charge in [0.25, 0.3) is 0 Å². The fourth-order valence-corrected chi connectivity index (χ4v) is 2.49. The Hall–Kier alpha value is -2.13. The number of isocyanates is 1. The average molecular weight is 244 g/mol. The van der Waals surface area contributed by atoms with Crippen molar-refractivity contribution in [3.05, 3.63) is 34.3 Å². The molecule has 0 atom stereocenters. The van der Waals surface area contributed by atoms with Crippen LogP contribution in [0.3, 0.4) is 0 Å². The molecule has 0 saturated heterocycles. The first-order valence-corrected chi connectivity index (χ1v) is 5.85. The van der Waals surface area contributed by atoms with Gasteiger partial charge in [0, 0.05) is 7.05 Å². The minimum Gasteiger partial charge on any atom is -0.408 e. The van der Waals surface area contributed by atoms with Crippen LogP contribution in [0.4, 0.5) is 0 Å². The molecule has 1 fully saturated rings. The van der Waals surface area contributed by atoms with Gasteiger partial charge < -0.3 is 4.42 Å². The third-order valence-corrected chi connectivity index (χ3v) is 3.77. The van der Waals surface area contributed by atoms with Crippen LogP contribution in [0.15, 0.2) is 32.4 Å². The van der Waals surface area contributed by atoms with E-state index < -0.39 is 5.54 Å². The third kappa shape index (κ3) is 1.38. The van der Waals surface area contributed by atoms with Gasteiger partial charge in [-0.15, -0.1) is 0 Å². The lowest BCUT2D eigenvalue weighted by atomic mass is 9.72. The molecule has 5 nitrogen and oxygen atoms in total. The Labute approximate surface area is 103 Å². The maximum absolute atomic E-state index is 11.4. The average Bonchev–Trinajstić information content (AvgIpc) is 2.59. The second-order valence-electron chi connectivity index (χ2n) is 4.70. The van der Waals surface area contributed by atoms with Crippen molar-refractivity contribution in [1.82, 2.24) is 4.57 Å². The van der Waals surface area contributed by atoms with Crippen LogP contribution in [0.1, 0.15) is 24.8 Å². The molecule has 18 heavy (non-hydrogen) atoms. The Morgan fingerprint density at radius 2 is 2.22 bits per heavy atom. The van der Waals surface area contributed by atoms with Gasteiger partial charge in [0.05, 0.1) is 11.1 Å². The molecule has 1 aliphatic rings. The second kappa shape index (κ2) is 3.68. The Morgan fingerprint density at radius 1 is 1.44 bits per heavy atom. The minimum absolute atomic E-state index is 0.385. The van der Waals surface area contributed by atoms with Gasteiger partial charge in [-0.2, -0.15) is 4.99 Å². The number of carbonyl (C=O) groups excluding carboxylic acids is 1. The van der Waals surface area contributed by atoms with E-state index in [0.717, 1.165) is 30.3 Å². The first-order valence-electron chi connectivity index (χ1n) is 5.85. The van der Waals surface area contributed by atoms with Crippen molar-refractivity contribution in [2.45, 2.75) is 24.8 Å². The van der Waals surface area contributed by atoms with Crippen LogP contribution in [-0.4, -0.2) is 10.6 Å². The standard InChI is InChI=1S/C13H12N2O3/c1-15-10-4-3-9(7-11(10)18-12(15)17)13(14-8-16)5-2-6-13/h3-4,7H,2,5-6H2,1H3. The van der Waals surface area contributed by atoms with Crippen molar-refractivity contribution in [3.8, 4) is 0 Å². The van der Waals surface area contributed by atoms with Crippen molar-refractivity contribution < 1.29 is 9.21 Å². The molecule has 2 aromatic rings. The number of hydrogen-bond donors (Lipinski definition) is 0. The van der Waals surface area contributed by atoms with E-state index in [-0.39, 0.29) is 5.76 Å². The summed E-state index contributed by atoms with van der Waals surface area (Å²) >= 11 is 0. The molecule has 3 rings (SSSR count). The van der Waals surface area contributed by atoms with Crippen LogP contribution in [0, 0.1) is 0 Å². The smallest absolute Gasteiger partial charge is 0.408 e. The Kier molecular flexibility index (Phi) is 2.25. The van der Waals surface area contributed by atoms with Crippen molar-refractivity contribution in [1.29, 1.82) is 0 Å². The molecule has 0 amide bonds. The summed E-state index contributed by atoms with van der Waals surface area (Å²) in [5.74, 6) is -0.385. The maximum atomic E-state index is 11.4. The zero-order valence-electron chi connectivity index (χ0n) is 9.97. The summed E-state index contributed by atoms with van der Waals surface area (Å²) in [6.45, 7) is 0. The highest BCUT2D eigenvalue weighted by Crippen LogP contribution is 2.45. The fourth-order valence-electron chi connectivity index (χ4n) is 2.49. The number of benzene rings is 1. The number of rotatable bonds is 2. The van der Waals surface area contributed by atoms with Gasteiger partial charge in [-0.05, 0) is 37.0 Å². The first kappa shape index (κ1) is 11.0. The summed E-state index contributed by atoms with van der Waals surface area (Å²) in [5.41, 5.74) is 1.74. The predicted molar refractivity (Wildman–Crippen MR) is 65.1 cm³/mol. The van der Waals surface area contributed by atoms with E-state index in [0.29, 0.717) is 5.58 Å². The van der Waals surface area contributed by atoms with E-state index in [1.165, 1.54) is 4.57 Å². The van der Waals surface area contributed by atoms with E-state index in [4.69, 9.17) is 4.42 Å². The summed E-state index contributed by atoms with van der Waals surface area (Å²) in [4.78, 5) is 25.9. The highest BCUT2D eigenvalue weighted by molar-refractivity contribution is 5.74.